The number of nitro groups is 1. The van der Waals surface area contributed by atoms with Gasteiger partial charge in [0.15, 0.2) is 5.69 Å². The Balaban J connectivity index is 3.56. The molecule has 0 saturated heterocycles. The van der Waals surface area contributed by atoms with Crippen molar-refractivity contribution in [3.05, 3.63) is 21.5 Å². The standard InChI is InChI=1S/C5H6FN3O5S/c1-3-5(9(11)12)4(2-10)7-8(3)15(6,13)14/h10H,2H2,1H3. The molecule has 15 heavy (non-hydrogen) atoms. The molecule has 0 aliphatic rings. The Morgan fingerprint density at radius 2 is 2.20 bits per heavy atom. The van der Waals surface area contributed by atoms with Gasteiger partial charge in [0.05, 0.1) is 11.5 Å². The first kappa shape index (κ1) is 11.5. The zero-order valence-corrected chi connectivity index (χ0v) is 8.23. The van der Waals surface area contributed by atoms with E-state index in [0.29, 0.717) is 0 Å². The maximum atomic E-state index is 12.5. The van der Waals surface area contributed by atoms with Crippen molar-refractivity contribution in [1.29, 1.82) is 0 Å². The first-order chi connectivity index (χ1) is 6.79. The van der Waals surface area contributed by atoms with Crippen LogP contribution < -0.4 is 0 Å². The van der Waals surface area contributed by atoms with Gasteiger partial charge in [-0.1, -0.05) is 3.89 Å². The molecule has 1 heterocycles. The van der Waals surface area contributed by atoms with Crippen LogP contribution in [0.4, 0.5) is 9.57 Å². The highest BCUT2D eigenvalue weighted by Gasteiger charge is 2.29. The van der Waals surface area contributed by atoms with Crippen LogP contribution in [0.2, 0.25) is 0 Å². The summed E-state index contributed by atoms with van der Waals surface area (Å²) < 4.78 is 33.4. The predicted molar refractivity (Wildman–Crippen MR) is 45.0 cm³/mol. The van der Waals surface area contributed by atoms with Gasteiger partial charge in [0.1, 0.15) is 5.69 Å². The van der Waals surface area contributed by atoms with E-state index < -0.39 is 39.0 Å². The van der Waals surface area contributed by atoms with Crippen molar-refractivity contribution in [2.75, 3.05) is 0 Å². The monoisotopic (exact) mass is 239 g/mol. The number of aromatic nitrogens is 2. The van der Waals surface area contributed by atoms with Gasteiger partial charge in [-0.25, -0.2) is 0 Å². The molecule has 0 aliphatic heterocycles. The van der Waals surface area contributed by atoms with E-state index in [1.807, 2.05) is 0 Å². The number of hydrogen-bond donors (Lipinski definition) is 1. The topological polar surface area (TPSA) is 115 Å². The second kappa shape index (κ2) is 3.55. The van der Waals surface area contributed by atoms with Crippen molar-refractivity contribution in [2.24, 2.45) is 0 Å². The molecule has 1 N–H and O–H groups in total. The summed E-state index contributed by atoms with van der Waals surface area (Å²) in [5.74, 6) is 0. The predicted octanol–water partition coefficient (Wildman–Crippen LogP) is -0.346. The third-order valence-electron chi connectivity index (χ3n) is 1.65. The molecular formula is C5H6FN3O5S. The van der Waals surface area contributed by atoms with E-state index in [0.717, 1.165) is 6.92 Å². The third-order valence-corrected chi connectivity index (χ3v) is 2.42. The summed E-state index contributed by atoms with van der Waals surface area (Å²) in [6.45, 7) is 0.168. The highest BCUT2D eigenvalue weighted by molar-refractivity contribution is 7.84. The lowest BCUT2D eigenvalue weighted by atomic mass is 10.3. The third kappa shape index (κ3) is 1.94. The Morgan fingerprint density at radius 1 is 1.67 bits per heavy atom. The minimum Gasteiger partial charge on any atom is -0.390 e. The summed E-state index contributed by atoms with van der Waals surface area (Å²) in [6, 6.07) is 0. The summed E-state index contributed by atoms with van der Waals surface area (Å²) in [5, 5.41) is 22.2. The van der Waals surface area contributed by atoms with Gasteiger partial charge >= 0.3 is 16.1 Å². The van der Waals surface area contributed by atoms with Crippen molar-refractivity contribution in [1.82, 2.24) is 9.19 Å². The SMILES string of the molecule is Cc1c([N+](=O)[O-])c(CO)nn1S(=O)(=O)F. The van der Waals surface area contributed by atoms with Gasteiger partial charge in [0, 0.05) is 0 Å². The van der Waals surface area contributed by atoms with Gasteiger partial charge < -0.3 is 5.11 Å². The molecule has 0 aliphatic carbocycles. The first-order valence-corrected chi connectivity index (χ1v) is 4.92. The van der Waals surface area contributed by atoms with Crippen molar-refractivity contribution in [3.63, 3.8) is 0 Å². The van der Waals surface area contributed by atoms with Gasteiger partial charge in [-0.2, -0.15) is 13.5 Å². The van der Waals surface area contributed by atoms with Crippen molar-refractivity contribution in [3.8, 4) is 0 Å². The molecule has 0 saturated carbocycles. The minimum absolute atomic E-state index is 0.128. The van der Waals surface area contributed by atoms with Gasteiger partial charge in [-0.15, -0.1) is 4.09 Å². The average molecular weight is 239 g/mol. The molecule has 1 rings (SSSR count). The van der Waals surface area contributed by atoms with Crippen LogP contribution in [-0.4, -0.2) is 27.6 Å². The van der Waals surface area contributed by atoms with E-state index in [4.69, 9.17) is 5.11 Å². The Hall–Kier alpha value is -1.55. The van der Waals surface area contributed by atoms with E-state index in [-0.39, 0.29) is 4.09 Å². The van der Waals surface area contributed by atoms with Crippen LogP contribution >= 0.6 is 0 Å². The number of rotatable bonds is 3. The molecular weight excluding hydrogens is 233 g/mol. The van der Waals surface area contributed by atoms with Gasteiger partial charge in [-0.05, 0) is 6.92 Å². The van der Waals surface area contributed by atoms with Crippen molar-refractivity contribution >= 4 is 16.1 Å². The summed E-state index contributed by atoms with van der Waals surface area (Å²) in [7, 11) is -5.19. The molecule has 0 aromatic carbocycles. The highest BCUT2D eigenvalue weighted by Crippen LogP contribution is 2.24. The molecule has 10 heteroatoms. The average Bonchev–Trinajstić information content (AvgIpc) is 2.41. The van der Waals surface area contributed by atoms with Crippen LogP contribution in [0, 0.1) is 17.0 Å². The van der Waals surface area contributed by atoms with Crippen LogP contribution in [-0.2, 0) is 17.0 Å². The molecule has 0 radical (unpaired) electrons. The fourth-order valence-corrected chi connectivity index (χ4v) is 1.70. The Morgan fingerprint density at radius 3 is 2.47 bits per heavy atom. The van der Waals surface area contributed by atoms with Gasteiger partial charge in [0.2, 0.25) is 0 Å². The number of hydrogen-bond acceptors (Lipinski definition) is 6. The van der Waals surface area contributed by atoms with E-state index >= 15 is 0 Å². The first-order valence-electron chi connectivity index (χ1n) is 3.58. The molecule has 1 aromatic rings. The van der Waals surface area contributed by atoms with Crippen LogP contribution in [0.25, 0.3) is 0 Å². The minimum atomic E-state index is -5.19. The number of halogens is 1. The molecule has 0 amide bonds. The number of aliphatic hydroxyl groups is 1. The Labute approximate surface area is 83.4 Å². The largest absolute Gasteiger partial charge is 0.419 e. The van der Waals surface area contributed by atoms with Gasteiger partial charge in [-0.3, -0.25) is 10.1 Å². The Kier molecular flexibility index (Phi) is 2.73. The van der Waals surface area contributed by atoms with Crippen LogP contribution in [0.5, 0.6) is 0 Å². The zero-order valence-electron chi connectivity index (χ0n) is 7.42. The number of nitrogens with zero attached hydrogens (tertiary/aromatic N) is 3. The smallest absolute Gasteiger partial charge is 0.390 e. The summed E-state index contributed by atoms with van der Waals surface area (Å²) in [4.78, 5) is 9.53. The molecule has 0 unspecified atom stereocenters. The normalized spacial score (nSPS) is 11.7. The van der Waals surface area contributed by atoms with E-state index in [2.05, 4.69) is 5.10 Å². The lowest BCUT2D eigenvalue weighted by molar-refractivity contribution is -0.386. The molecule has 84 valence electrons. The fraction of sp³-hybridized carbons (Fsp3) is 0.400. The Bertz CT molecular complexity index is 507. The maximum Gasteiger partial charge on any atom is 0.419 e. The molecule has 8 nitrogen and oxygen atoms in total. The zero-order chi connectivity index (χ0) is 11.8. The van der Waals surface area contributed by atoms with Crippen molar-refractivity contribution in [2.45, 2.75) is 13.5 Å². The lowest BCUT2D eigenvalue weighted by Crippen LogP contribution is -2.10. The summed E-state index contributed by atoms with van der Waals surface area (Å²) >= 11 is 0. The summed E-state index contributed by atoms with van der Waals surface area (Å²) in [6.07, 6.45) is 0. The number of aliphatic hydroxyl groups excluding tert-OH is 1. The molecule has 0 atom stereocenters. The molecule has 0 fully saturated rings. The second-order valence-corrected chi connectivity index (χ2v) is 3.75. The van der Waals surface area contributed by atoms with E-state index in [1.165, 1.54) is 0 Å². The molecule has 0 bridgehead atoms. The molecule has 1 aromatic heterocycles. The highest BCUT2D eigenvalue weighted by atomic mass is 32.3. The van der Waals surface area contributed by atoms with Crippen LogP contribution in [0.3, 0.4) is 0 Å². The molecule has 0 spiro atoms. The van der Waals surface area contributed by atoms with Crippen LogP contribution in [0.15, 0.2) is 0 Å². The van der Waals surface area contributed by atoms with E-state index in [1.54, 1.807) is 0 Å². The second-order valence-electron chi connectivity index (χ2n) is 2.58. The van der Waals surface area contributed by atoms with E-state index in [9.17, 15) is 22.4 Å². The van der Waals surface area contributed by atoms with Crippen LogP contribution in [0.1, 0.15) is 11.4 Å². The quantitative estimate of drug-likeness (QED) is 0.438. The lowest BCUT2D eigenvalue weighted by Gasteiger charge is -1.93. The maximum absolute atomic E-state index is 12.5. The summed E-state index contributed by atoms with van der Waals surface area (Å²) in [5.41, 5.74) is -1.70. The van der Waals surface area contributed by atoms with Crippen molar-refractivity contribution < 1.29 is 22.3 Å². The van der Waals surface area contributed by atoms with Gasteiger partial charge in [0.25, 0.3) is 0 Å². The fourth-order valence-electron chi connectivity index (χ4n) is 1.09.